The van der Waals surface area contributed by atoms with Gasteiger partial charge in [0.1, 0.15) is 0 Å². The monoisotopic (exact) mass is 84.1 g/mol. The van der Waals surface area contributed by atoms with Crippen LogP contribution in [0.25, 0.3) is 0 Å². The molecule has 34 valence electrons. The van der Waals surface area contributed by atoms with Crippen molar-refractivity contribution >= 4 is 0 Å². The molecule has 0 bridgehead atoms. The highest BCUT2D eigenvalue weighted by molar-refractivity contribution is 5.19. The molecule has 0 spiro atoms. The molecule has 0 heteroatoms. The third kappa shape index (κ3) is 1.77. The molecule has 0 fully saturated rings. The van der Waals surface area contributed by atoms with E-state index < -0.39 is 0 Å². The molecule has 0 amide bonds. The summed E-state index contributed by atoms with van der Waals surface area (Å²) in [6, 6.07) is 0. The summed E-state index contributed by atoms with van der Waals surface area (Å²) in [5, 5.41) is 0. The molecule has 0 aromatic carbocycles. The van der Waals surface area contributed by atoms with Gasteiger partial charge < -0.3 is 0 Å². The fraction of sp³-hybridized carbons (Fsp3) is 0.333. The van der Waals surface area contributed by atoms with E-state index >= 15 is 0 Å². The van der Waals surface area contributed by atoms with Crippen molar-refractivity contribution in [1.29, 1.82) is 0 Å². The van der Waals surface area contributed by atoms with E-state index in [1.54, 1.807) is 6.92 Å². The lowest BCUT2D eigenvalue weighted by Gasteiger charge is -1.88. The summed E-state index contributed by atoms with van der Waals surface area (Å²) < 4.78 is 13.6. The van der Waals surface area contributed by atoms with Gasteiger partial charge in [0.25, 0.3) is 0 Å². The molecule has 0 atom stereocenters. The van der Waals surface area contributed by atoms with Crippen molar-refractivity contribution in [2.75, 3.05) is 0 Å². The Labute approximate surface area is 42.0 Å². The molecule has 0 radical (unpaired) electrons. The van der Waals surface area contributed by atoms with Gasteiger partial charge in [-0.15, -0.1) is 0 Å². The lowest BCUT2D eigenvalue weighted by molar-refractivity contribution is 1.39. The molecule has 0 rings (SSSR count). The maximum Gasteiger partial charge on any atom is 0.0541 e. The van der Waals surface area contributed by atoms with Crippen molar-refractivity contribution in [3.63, 3.8) is 0 Å². The molecular formula is C6H10. The van der Waals surface area contributed by atoms with Crippen molar-refractivity contribution in [1.82, 2.24) is 0 Å². The largest absolute Gasteiger partial charge is 0.0959 e. The minimum Gasteiger partial charge on any atom is -0.0959 e. The van der Waals surface area contributed by atoms with Crippen LogP contribution in [0.4, 0.5) is 0 Å². The van der Waals surface area contributed by atoms with E-state index in [1.165, 1.54) is 6.55 Å². The van der Waals surface area contributed by atoms with Crippen LogP contribution in [0, 0.1) is 0 Å². The van der Waals surface area contributed by atoms with E-state index in [2.05, 4.69) is 6.58 Å². The summed E-state index contributed by atoms with van der Waals surface area (Å²) in [7, 11) is 0. The highest BCUT2D eigenvalue weighted by Gasteiger charge is 1.77. The zero-order valence-corrected chi connectivity index (χ0v) is 3.99. The fourth-order valence-electron chi connectivity index (χ4n) is 0. The molecule has 0 unspecified atom stereocenters. The molecule has 0 aliphatic rings. The zero-order valence-electron chi connectivity index (χ0n) is 5.99. The molecule has 0 saturated carbocycles. The fourth-order valence-corrected chi connectivity index (χ4v) is 0. The van der Waals surface area contributed by atoms with E-state index in [4.69, 9.17) is 2.74 Å². The van der Waals surface area contributed by atoms with Crippen molar-refractivity contribution in [3.05, 3.63) is 24.3 Å². The topological polar surface area (TPSA) is 0 Å². The molecule has 0 aromatic rings. The Kier molecular flexibility index (Phi) is 0.789. The van der Waals surface area contributed by atoms with Crippen LogP contribution in [0.15, 0.2) is 24.3 Å². The number of hydrogen-bond acceptors (Lipinski definition) is 0. The Hall–Kier alpha value is -0.520. The maximum absolute atomic E-state index is 6.84. The van der Waals surface area contributed by atoms with E-state index in [1.807, 2.05) is 0 Å². The normalized spacial score (nSPS) is 15.8. The van der Waals surface area contributed by atoms with E-state index in [0.717, 1.165) is 5.57 Å². The van der Waals surface area contributed by atoms with Crippen LogP contribution < -0.4 is 0 Å². The molecule has 0 heterocycles. The number of rotatable bonds is 1. The van der Waals surface area contributed by atoms with Gasteiger partial charge in [-0.25, -0.2) is 0 Å². The highest BCUT2D eigenvalue weighted by atomic mass is 13.8. The lowest BCUT2D eigenvalue weighted by atomic mass is 10.2. The summed E-state index contributed by atoms with van der Waals surface area (Å²) in [6.45, 7) is 6.73. The zero-order chi connectivity index (χ0) is 6.57. The minimum atomic E-state index is 0.166. The average Bonchev–Trinajstić information content (AvgIpc) is 1.69. The standard InChI is InChI=1S/C6H10/c1-5(2)6(3)4/h1,3H2,2,4H3/i1D,2D. The first kappa shape index (κ1) is 2.62. The first-order valence-electron chi connectivity index (χ1n) is 3.03. The molecular weight excluding hydrogens is 72.1 g/mol. The smallest absolute Gasteiger partial charge is 0.0541 e. The van der Waals surface area contributed by atoms with Gasteiger partial charge in [-0.1, -0.05) is 24.3 Å². The average molecular weight is 84.2 g/mol. The van der Waals surface area contributed by atoms with Crippen molar-refractivity contribution in [3.8, 4) is 0 Å². The van der Waals surface area contributed by atoms with Gasteiger partial charge in [0.05, 0.1) is 1.37 Å². The van der Waals surface area contributed by atoms with Crippen molar-refractivity contribution in [2.45, 2.75) is 13.8 Å². The molecule has 0 N–H and O–H groups in total. The summed E-state index contributed by atoms with van der Waals surface area (Å²) in [6.07, 6.45) is 0. The van der Waals surface area contributed by atoms with E-state index in [0.29, 0.717) is 5.57 Å². The predicted molar refractivity (Wildman–Crippen MR) is 29.6 cm³/mol. The van der Waals surface area contributed by atoms with Crippen LogP contribution in [0.3, 0.4) is 0 Å². The molecule has 0 nitrogen and oxygen atoms in total. The summed E-state index contributed by atoms with van der Waals surface area (Å²) in [5.74, 6) is 0. The van der Waals surface area contributed by atoms with Crippen LogP contribution in [0.1, 0.15) is 16.6 Å². The van der Waals surface area contributed by atoms with Crippen LogP contribution >= 0.6 is 0 Å². The third-order valence-corrected chi connectivity index (χ3v) is 0.548. The third-order valence-electron chi connectivity index (χ3n) is 0.548. The van der Waals surface area contributed by atoms with Crippen LogP contribution in [0.2, 0.25) is 0 Å². The van der Waals surface area contributed by atoms with Gasteiger partial charge in [0.2, 0.25) is 0 Å². The van der Waals surface area contributed by atoms with E-state index in [9.17, 15) is 0 Å². The Morgan fingerprint density at radius 2 is 2.50 bits per heavy atom. The molecule has 0 aromatic heterocycles. The van der Waals surface area contributed by atoms with Crippen molar-refractivity contribution < 1.29 is 2.74 Å². The Morgan fingerprint density at radius 3 is 2.50 bits per heavy atom. The second-order valence-corrected chi connectivity index (χ2v) is 1.31. The van der Waals surface area contributed by atoms with Gasteiger partial charge in [-0.05, 0) is 13.8 Å². The summed E-state index contributed by atoms with van der Waals surface area (Å²) in [5.41, 5.74) is 1.51. The summed E-state index contributed by atoms with van der Waals surface area (Å²) >= 11 is 0. The van der Waals surface area contributed by atoms with Crippen molar-refractivity contribution in [2.24, 2.45) is 0 Å². The summed E-state index contributed by atoms with van der Waals surface area (Å²) in [4.78, 5) is 0. The first-order chi connectivity index (χ1) is 3.72. The molecule has 0 saturated heterocycles. The predicted octanol–water partition coefficient (Wildman–Crippen LogP) is 2.14. The molecule has 6 heavy (non-hydrogen) atoms. The second kappa shape index (κ2) is 1.81. The van der Waals surface area contributed by atoms with Crippen LogP contribution in [0.5, 0.6) is 0 Å². The number of hydrogen-bond donors (Lipinski definition) is 0. The van der Waals surface area contributed by atoms with Gasteiger partial charge in [0, 0.05) is 1.37 Å². The lowest BCUT2D eigenvalue weighted by Crippen LogP contribution is -1.67. The van der Waals surface area contributed by atoms with Gasteiger partial charge >= 0.3 is 0 Å². The van der Waals surface area contributed by atoms with Gasteiger partial charge in [0.15, 0.2) is 0 Å². The quantitative estimate of drug-likeness (QED) is 0.427. The molecule has 0 aliphatic heterocycles. The van der Waals surface area contributed by atoms with Gasteiger partial charge in [-0.2, -0.15) is 0 Å². The number of allylic oxidation sites excluding steroid dienone is 2. The Morgan fingerprint density at radius 1 is 1.83 bits per heavy atom. The second-order valence-electron chi connectivity index (χ2n) is 1.31. The highest BCUT2D eigenvalue weighted by Crippen LogP contribution is 1.98. The first-order valence-corrected chi connectivity index (χ1v) is 1.75. The Balaban J connectivity index is 3.92. The Bertz CT molecular complexity index is 114. The van der Waals surface area contributed by atoms with Gasteiger partial charge in [-0.3, -0.25) is 0 Å². The van der Waals surface area contributed by atoms with Crippen LogP contribution in [-0.2, 0) is 0 Å². The van der Waals surface area contributed by atoms with E-state index in [-0.39, 0.29) is 6.90 Å². The van der Waals surface area contributed by atoms with Crippen LogP contribution in [-0.4, -0.2) is 0 Å². The maximum atomic E-state index is 6.84. The molecule has 0 aliphatic carbocycles. The minimum absolute atomic E-state index is 0.166. The SMILES string of the molecule is [2H]C=C(C[2H])C(=C)C.